The van der Waals surface area contributed by atoms with Gasteiger partial charge in [-0.2, -0.15) is 0 Å². The van der Waals surface area contributed by atoms with Gasteiger partial charge in [0.25, 0.3) is 5.91 Å². The Labute approximate surface area is 171 Å². The number of ether oxygens (including phenoxy) is 1. The molecule has 2 aromatic carbocycles. The lowest BCUT2D eigenvalue weighted by Crippen LogP contribution is -2.32. The first-order chi connectivity index (χ1) is 14.1. The Morgan fingerprint density at radius 1 is 1.07 bits per heavy atom. The molecular formula is C23H26N4O2. The molecule has 3 rings (SSSR count). The number of para-hydroxylation sites is 1. The third kappa shape index (κ3) is 5.31. The summed E-state index contributed by atoms with van der Waals surface area (Å²) < 4.78 is 5.41. The molecule has 0 bridgehead atoms. The topological polar surface area (TPSA) is 76.1 Å². The second kappa shape index (κ2) is 9.68. The minimum Gasteiger partial charge on any atom is -0.496 e. The molecule has 1 aromatic heterocycles. The van der Waals surface area contributed by atoms with Crippen molar-refractivity contribution >= 4 is 11.7 Å². The lowest BCUT2D eigenvalue weighted by Gasteiger charge is -2.14. The zero-order chi connectivity index (χ0) is 20.6. The normalized spacial score (nSPS) is 11.6. The molecule has 0 aliphatic carbocycles. The summed E-state index contributed by atoms with van der Waals surface area (Å²) in [4.78, 5) is 21.8. The SMILES string of the molecule is CCC(C)NC(=O)c1cc(NCc2ccccc2OC)nc(-c2ccccc2)n1. The smallest absolute Gasteiger partial charge is 0.270 e. The summed E-state index contributed by atoms with van der Waals surface area (Å²) in [6, 6.07) is 19.2. The maximum atomic E-state index is 12.7. The molecule has 1 heterocycles. The van der Waals surface area contributed by atoms with Crippen molar-refractivity contribution in [1.82, 2.24) is 15.3 Å². The molecule has 0 radical (unpaired) electrons. The maximum Gasteiger partial charge on any atom is 0.270 e. The quantitative estimate of drug-likeness (QED) is 0.600. The van der Waals surface area contributed by atoms with Crippen molar-refractivity contribution in [3.8, 4) is 17.1 Å². The van der Waals surface area contributed by atoms with Crippen molar-refractivity contribution < 1.29 is 9.53 Å². The van der Waals surface area contributed by atoms with Crippen LogP contribution in [0.3, 0.4) is 0 Å². The molecule has 0 aliphatic rings. The number of aromatic nitrogens is 2. The van der Waals surface area contributed by atoms with Crippen molar-refractivity contribution in [1.29, 1.82) is 0 Å². The van der Waals surface area contributed by atoms with E-state index in [1.807, 2.05) is 68.4 Å². The van der Waals surface area contributed by atoms with E-state index < -0.39 is 0 Å². The van der Waals surface area contributed by atoms with Gasteiger partial charge in [0, 0.05) is 29.8 Å². The summed E-state index contributed by atoms with van der Waals surface area (Å²) in [5, 5.41) is 6.26. The van der Waals surface area contributed by atoms with Gasteiger partial charge in [-0.05, 0) is 19.4 Å². The highest BCUT2D eigenvalue weighted by Gasteiger charge is 2.15. The largest absolute Gasteiger partial charge is 0.496 e. The summed E-state index contributed by atoms with van der Waals surface area (Å²) >= 11 is 0. The maximum absolute atomic E-state index is 12.7. The summed E-state index contributed by atoms with van der Waals surface area (Å²) in [6.07, 6.45) is 0.848. The minimum atomic E-state index is -0.209. The molecule has 6 nitrogen and oxygen atoms in total. The molecule has 1 amide bonds. The number of nitrogens with zero attached hydrogens (tertiary/aromatic N) is 2. The number of rotatable bonds is 8. The van der Waals surface area contributed by atoms with Gasteiger partial charge in [0.1, 0.15) is 17.3 Å². The summed E-state index contributed by atoms with van der Waals surface area (Å²) in [7, 11) is 1.65. The summed E-state index contributed by atoms with van der Waals surface area (Å²) in [5.41, 5.74) is 2.19. The first-order valence-corrected chi connectivity index (χ1v) is 9.71. The van der Waals surface area contributed by atoms with Crippen molar-refractivity contribution in [2.45, 2.75) is 32.9 Å². The average Bonchev–Trinajstić information content (AvgIpc) is 2.78. The highest BCUT2D eigenvalue weighted by atomic mass is 16.5. The van der Waals surface area contributed by atoms with Gasteiger partial charge in [0.15, 0.2) is 5.82 Å². The highest BCUT2D eigenvalue weighted by Crippen LogP contribution is 2.21. The van der Waals surface area contributed by atoms with E-state index in [0.29, 0.717) is 23.9 Å². The minimum absolute atomic E-state index is 0.0719. The van der Waals surface area contributed by atoms with E-state index in [1.165, 1.54) is 0 Å². The molecule has 0 spiro atoms. The number of benzene rings is 2. The van der Waals surface area contributed by atoms with Crippen LogP contribution in [-0.2, 0) is 6.54 Å². The zero-order valence-corrected chi connectivity index (χ0v) is 17.0. The van der Waals surface area contributed by atoms with E-state index in [-0.39, 0.29) is 11.9 Å². The molecule has 0 saturated heterocycles. The van der Waals surface area contributed by atoms with Gasteiger partial charge in [-0.1, -0.05) is 55.5 Å². The molecular weight excluding hydrogens is 364 g/mol. The Morgan fingerprint density at radius 3 is 2.52 bits per heavy atom. The first-order valence-electron chi connectivity index (χ1n) is 9.71. The Bertz CT molecular complexity index is 960. The number of carbonyl (C=O) groups is 1. The Hall–Kier alpha value is -3.41. The van der Waals surface area contributed by atoms with Crippen molar-refractivity contribution in [2.24, 2.45) is 0 Å². The Balaban J connectivity index is 1.90. The third-order valence-electron chi connectivity index (χ3n) is 4.63. The van der Waals surface area contributed by atoms with Crippen molar-refractivity contribution in [3.05, 3.63) is 71.9 Å². The van der Waals surface area contributed by atoms with Gasteiger partial charge in [-0.15, -0.1) is 0 Å². The number of hydrogen-bond donors (Lipinski definition) is 2. The molecule has 1 atom stereocenters. The molecule has 0 aliphatic heterocycles. The van der Waals surface area contributed by atoms with Gasteiger partial charge in [-0.25, -0.2) is 9.97 Å². The number of hydrogen-bond acceptors (Lipinski definition) is 5. The molecule has 29 heavy (non-hydrogen) atoms. The average molecular weight is 390 g/mol. The lowest BCUT2D eigenvalue weighted by molar-refractivity contribution is 0.0934. The number of carbonyl (C=O) groups excluding carboxylic acids is 1. The van der Waals surface area contributed by atoms with Crippen LogP contribution in [0, 0.1) is 0 Å². The monoisotopic (exact) mass is 390 g/mol. The van der Waals surface area contributed by atoms with Crippen LogP contribution in [0.4, 0.5) is 5.82 Å². The Morgan fingerprint density at radius 2 is 1.79 bits per heavy atom. The van der Waals surface area contributed by atoms with E-state index >= 15 is 0 Å². The van der Waals surface area contributed by atoms with E-state index in [0.717, 1.165) is 23.3 Å². The van der Waals surface area contributed by atoms with Gasteiger partial charge < -0.3 is 15.4 Å². The van der Waals surface area contributed by atoms with Crippen LogP contribution in [0.25, 0.3) is 11.4 Å². The summed E-state index contributed by atoms with van der Waals surface area (Å²) in [5.74, 6) is 1.68. The highest BCUT2D eigenvalue weighted by molar-refractivity contribution is 5.93. The molecule has 150 valence electrons. The van der Waals surface area contributed by atoms with E-state index in [9.17, 15) is 4.79 Å². The summed E-state index contributed by atoms with van der Waals surface area (Å²) in [6.45, 7) is 4.51. The van der Waals surface area contributed by atoms with Gasteiger partial charge >= 0.3 is 0 Å². The number of anilines is 1. The van der Waals surface area contributed by atoms with Crippen LogP contribution in [0.5, 0.6) is 5.75 Å². The zero-order valence-electron chi connectivity index (χ0n) is 17.0. The second-order valence-corrected chi connectivity index (χ2v) is 6.78. The fraction of sp³-hybridized carbons (Fsp3) is 0.261. The van der Waals surface area contributed by atoms with E-state index in [4.69, 9.17) is 4.74 Å². The molecule has 2 N–H and O–H groups in total. The number of nitrogens with one attached hydrogen (secondary N) is 2. The van der Waals surface area contributed by atoms with Crippen molar-refractivity contribution in [3.63, 3.8) is 0 Å². The second-order valence-electron chi connectivity index (χ2n) is 6.78. The lowest BCUT2D eigenvalue weighted by atomic mass is 10.2. The Kier molecular flexibility index (Phi) is 6.79. The third-order valence-corrected chi connectivity index (χ3v) is 4.63. The fourth-order valence-corrected chi connectivity index (χ4v) is 2.81. The molecule has 0 fully saturated rings. The molecule has 0 saturated carbocycles. The molecule has 6 heteroatoms. The van der Waals surface area contributed by atoms with Crippen LogP contribution in [-0.4, -0.2) is 29.0 Å². The van der Waals surface area contributed by atoms with Crippen LogP contribution in [0.1, 0.15) is 36.3 Å². The molecule has 1 unspecified atom stereocenters. The predicted octanol–water partition coefficient (Wildman–Crippen LogP) is 4.29. The van der Waals surface area contributed by atoms with Crippen LogP contribution in [0.2, 0.25) is 0 Å². The van der Waals surface area contributed by atoms with Crippen molar-refractivity contribution in [2.75, 3.05) is 12.4 Å². The number of methoxy groups -OCH3 is 1. The molecule has 3 aromatic rings. The van der Waals surface area contributed by atoms with Crippen LogP contribution in [0.15, 0.2) is 60.7 Å². The van der Waals surface area contributed by atoms with Gasteiger partial charge in [0.2, 0.25) is 0 Å². The van der Waals surface area contributed by atoms with Crippen LogP contribution >= 0.6 is 0 Å². The van der Waals surface area contributed by atoms with E-state index in [1.54, 1.807) is 13.2 Å². The van der Waals surface area contributed by atoms with E-state index in [2.05, 4.69) is 20.6 Å². The predicted molar refractivity (Wildman–Crippen MR) is 115 cm³/mol. The standard InChI is InChI=1S/C23H26N4O2/c1-4-16(2)25-23(28)19-14-21(24-15-18-12-8-9-13-20(18)29-3)27-22(26-19)17-10-6-5-7-11-17/h5-14,16H,4,15H2,1-3H3,(H,25,28)(H,24,26,27). The van der Waals surface area contributed by atoms with Gasteiger partial charge in [0.05, 0.1) is 7.11 Å². The van der Waals surface area contributed by atoms with Crippen LogP contribution < -0.4 is 15.4 Å². The number of amides is 1. The van der Waals surface area contributed by atoms with Gasteiger partial charge in [-0.3, -0.25) is 4.79 Å². The first kappa shape index (κ1) is 20.3. The fourth-order valence-electron chi connectivity index (χ4n) is 2.81.